The maximum absolute atomic E-state index is 15.1. The van der Waals surface area contributed by atoms with Crippen LogP contribution in [-0.4, -0.2) is 13.7 Å². The Labute approximate surface area is 190 Å². The van der Waals surface area contributed by atoms with E-state index in [0.717, 1.165) is 41.4 Å². The van der Waals surface area contributed by atoms with Crippen LogP contribution >= 0.6 is 0 Å². The van der Waals surface area contributed by atoms with Gasteiger partial charge in [-0.05, 0) is 78.1 Å². The molecule has 0 atom stereocenters. The molecule has 1 aliphatic carbocycles. The topological polar surface area (TPSA) is 9.23 Å². The Bertz CT molecular complexity index is 1000. The zero-order chi connectivity index (χ0) is 22.3. The molecular formula is C29H34F2O. The molecule has 0 aliphatic heterocycles. The van der Waals surface area contributed by atoms with Crippen LogP contribution in [0.4, 0.5) is 8.78 Å². The minimum Gasteiger partial charge on any atom is -0.385 e. The quantitative estimate of drug-likeness (QED) is 0.334. The SMILES string of the molecule is COCCC1CCC(CCc2ccc3c(F)c(CCc4ccc(F)cc4)ccc3c2)CC1. The van der Waals surface area contributed by atoms with Crippen molar-refractivity contribution in [3.8, 4) is 0 Å². The number of aryl methyl sites for hydroxylation is 3. The van der Waals surface area contributed by atoms with Crippen LogP contribution in [0.25, 0.3) is 10.8 Å². The van der Waals surface area contributed by atoms with E-state index in [2.05, 4.69) is 12.1 Å². The number of halogens is 2. The van der Waals surface area contributed by atoms with Crippen molar-refractivity contribution in [2.75, 3.05) is 13.7 Å². The van der Waals surface area contributed by atoms with E-state index in [9.17, 15) is 4.39 Å². The van der Waals surface area contributed by atoms with Gasteiger partial charge in [0.2, 0.25) is 0 Å². The molecule has 1 nitrogen and oxygen atoms in total. The number of methoxy groups -OCH3 is 1. The second-order valence-electron chi connectivity index (χ2n) is 9.43. The molecule has 0 spiro atoms. The van der Waals surface area contributed by atoms with E-state index in [0.29, 0.717) is 18.2 Å². The number of rotatable bonds is 9. The largest absolute Gasteiger partial charge is 0.385 e. The van der Waals surface area contributed by atoms with Gasteiger partial charge in [-0.3, -0.25) is 0 Å². The van der Waals surface area contributed by atoms with Gasteiger partial charge in [0, 0.05) is 19.1 Å². The minimum atomic E-state index is -0.240. The Morgan fingerprint density at radius 2 is 1.44 bits per heavy atom. The lowest BCUT2D eigenvalue weighted by Gasteiger charge is -2.28. The number of benzene rings is 3. The van der Waals surface area contributed by atoms with E-state index in [4.69, 9.17) is 4.74 Å². The van der Waals surface area contributed by atoms with E-state index in [1.165, 1.54) is 56.2 Å². The fraction of sp³-hybridized carbons (Fsp3) is 0.448. The fourth-order valence-corrected chi connectivity index (χ4v) is 5.13. The van der Waals surface area contributed by atoms with Gasteiger partial charge in [0.15, 0.2) is 0 Å². The molecule has 0 aromatic heterocycles. The maximum Gasteiger partial charge on any atom is 0.134 e. The normalized spacial score (nSPS) is 18.8. The first-order valence-corrected chi connectivity index (χ1v) is 12.1. The lowest BCUT2D eigenvalue weighted by atomic mass is 9.78. The molecular weight excluding hydrogens is 402 g/mol. The summed E-state index contributed by atoms with van der Waals surface area (Å²) in [6.45, 7) is 0.886. The monoisotopic (exact) mass is 436 g/mol. The molecule has 1 fully saturated rings. The molecule has 1 aliphatic rings. The zero-order valence-electron chi connectivity index (χ0n) is 19.1. The Morgan fingerprint density at radius 3 is 2.16 bits per heavy atom. The van der Waals surface area contributed by atoms with Crippen LogP contribution in [-0.2, 0) is 24.0 Å². The molecule has 32 heavy (non-hydrogen) atoms. The zero-order valence-corrected chi connectivity index (χ0v) is 19.1. The van der Waals surface area contributed by atoms with Crippen molar-refractivity contribution in [1.82, 2.24) is 0 Å². The highest BCUT2D eigenvalue weighted by atomic mass is 19.1. The molecule has 0 unspecified atom stereocenters. The Kier molecular flexibility index (Phi) is 7.91. The second-order valence-corrected chi connectivity index (χ2v) is 9.43. The van der Waals surface area contributed by atoms with Crippen LogP contribution in [0.3, 0.4) is 0 Å². The summed E-state index contributed by atoms with van der Waals surface area (Å²) < 4.78 is 33.4. The molecule has 0 saturated heterocycles. The molecule has 4 rings (SSSR count). The first-order chi connectivity index (χ1) is 15.6. The average Bonchev–Trinajstić information content (AvgIpc) is 2.82. The van der Waals surface area contributed by atoms with Gasteiger partial charge < -0.3 is 4.74 Å². The maximum atomic E-state index is 15.1. The van der Waals surface area contributed by atoms with Crippen LogP contribution < -0.4 is 0 Å². The summed E-state index contributed by atoms with van der Waals surface area (Å²) in [5.74, 6) is 1.30. The van der Waals surface area contributed by atoms with E-state index in [1.807, 2.05) is 18.2 Å². The van der Waals surface area contributed by atoms with E-state index >= 15 is 4.39 Å². The van der Waals surface area contributed by atoms with Crippen LogP contribution in [0.15, 0.2) is 54.6 Å². The Balaban J connectivity index is 1.33. The predicted molar refractivity (Wildman–Crippen MR) is 128 cm³/mol. The molecule has 0 N–H and O–H groups in total. The molecule has 3 aromatic rings. The minimum absolute atomic E-state index is 0.120. The molecule has 0 amide bonds. The molecule has 170 valence electrons. The molecule has 0 heterocycles. The highest BCUT2D eigenvalue weighted by molar-refractivity contribution is 5.84. The van der Waals surface area contributed by atoms with Crippen molar-refractivity contribution >= 4 is 10.8 Å². The second kappa shape index (κ2) is 11.0. The summed E-state index contributed by atoms with van der Waals surface area (Å²) in [5, 5.41) is 1.68. The van der Waals surface area contributed by atoms with E-state index < -0.39 is 0 Å². The Morgan fingerprint density at radius 1 is 0.750 bits per heavy atom. The molecule has 3 aromatic carbocycles. The molecule has 3 heteroatoms. The van der Waals surface area contributed by atoms with Gasteiger partial charge in [0.25, 0.3) is 0 Å². The third-order valence-electron chi connectivity index (χ3n) is 7.23. The summed E-state index contributed by atoms with van der Waals surface area (Å²) in [5.41, 5.74) is 3.05. The van der Waals surface area contributed by atoms with Gasteiger partial charge in [-0.2, -0.15) is 0 Å². The van der Waals surface area contributed by atoms with E-state index in [1.54, 1.807) is 19.2 Å². The summed E-state index contributed by atoms with van der Waals surface area (Å²) in [6.07, 6.45) is 10.1. The lowest BCUT2D eigenvalue weighted by Crippen LogP contribution is -2.16. The molecule has 0 bridgehead atoms. The number of ether oxygens (including phenoxy) is 1. The van der Waals surface area contributed by atoms with Crippen LogP contribution in [0.2, 0.25) is 0 Å². The predicted octanol–water partition coefficient (Wildman–Crippen LogP) is 7.68. The fourth-order valence-electron chi connectivity index (χ4n) is 5.13. The summed E-state index contributed by atoms with van der Waals surface area (Å²) in [6, 6.07) is 16.6. The smallest absolute Gasteiger partial charge is 0.134 e. The van der Waals surface area contributed by atoms with Crippen LogP contribution in [0.1, 0.15) is 55.2 Å². The third-order valence-corrected chi connectivity index (χ3v) is 7.23. The summed E-state index contributed by atoms with van der Waals surface area (Å²) in [7, 11) is 1.79. The van der Waals surface area contributed by atoms with Gasteiger partial charge in [0.05, 0.1) is 0 Å². The lowest BCUT2D eigenvalue weighted by molar-refractivity contribution is 0.155. The van der Waals surface area contributed by atoms with Crippen molar-refractivity contribution < 1.29 is 13.5 Å². The van der Waals surface area contributed by atoms with Gasteiger partial charge in [-0.1, -0.05) is 68.1 Å². The average molecular weight is 437 g/mol. The molecule has 1 saturated carbocycles. The van der Waals surface area contributed by atoms with Gasteiger partial charge in [0.1, 0.15) is 11.6 Å². The van der Waals surface area contributed by atoms with Gasteiger partial charge in [-0.15, -0.1) is 0 Å². The number of hydrogen-bond acceptors (Lipinski definition) is 1. The highest BCUT2D eigenvalue weighted by Crippen LogP contribution is 2.33. The summed E-state index contributed by atoms with van der Waals surface area (Å²) in [4.78, 5) is 0. The van der Waals surface area contributed by atoms with Crippen molar-refractivity contribution in [3.63, 3.8) is 0 Å². The first kappa shape index (κ1) is 22.9. The van der Waals surface area contributed by atoms with Crippen LogP contribution in [0.5, 0.6) is 0 Å². The number of fused-ring (bicyclic) bond motifs is 1. The molecule has 0 radical (unpaired) electrons. The Hall–Kier alpha value is -2.26. The first-order valence-electron chi connectivity index (χ1n) is 12.1. The van der Waals surface area contributed by atoms with Gasteiger partial charge in [-0.25, -0.2) is 8.78 Å². The van der Waals surface area contributed by atoms with E-state index in [-0.39, 0.29) is 11.6 Å². The standard InChI is InChI=1S/C29H34F2O/c1-32-19-18-23-4-2-21(3-5-23)6-7-24-11-17-28-26(20-24)14-13-25(29(28)31)12-8-22-9-15-27(30)16-10-22/h9-11,13-17,20-21,23H,2-8,12,18-19H2,1H3. The summed E-state index contributed by atoms with van der Waals surface area (Å²) >= 11 is 0. The van der Waals surface area contributed by atoms with Gasteiger partial charge >= 0.3 is 0 Å². The van der Waals surface area contributed by atoms with Crippen molar-refractivity contribution in [2.45, 2.75) is 57.8 Å². The third kappa shape index (κ3) is 5.95. The van der Waals surface area contributed by atoms with Crippen molar-refractivity contribution in [3.05, 3.63) is 82.9 Å². The van der Waals surface area contributed by atoms with Crippen molar-refractivity contribution in [2.24, 2.45) is 11.8 Å². The van der Waals surface area contributed by atoms with Crippen LogP contribution in [0, 0.1) is 23.5 Å². The highest BCUT2D eigenvalue weighted by Gasteiger charge is 2.20. The van der Waals surface area contributed by atoms with Crippen molar-refractivity contribution in [1.29, 1.82) is 0 Å². The number of hydrogen-bond donors (Lipinski definition) is 0.